The Morgan fingerprint density at radius 3 is 2.62 bits per heavy atom. The quantitative estimate of drug-likeness (QED) is 0.240. The van der Waals surface area contributed by atoms with Crippen molar-refractivity contribution in [3.05, 3.63) is 59.6 Å². The van der Waals surface area contributed by atoms with E-state index < -0.39 is 11.6 Å². The van der Waals surface area contributed by atoms with Crippen LogP contribution in [0, 0.1) is 11.6 Å². The molecule has 0 spiro atoms. The Labute approximate surface area is 174 Å². The summed E-state index contributed by atoms with van der Waals surface area (Å²) in [5.41, 5.74) is 0.353. The molecule has 2 aromatic rings. The second-order valence-corrected chi connectivity index (χ2v) is 6.38. The van der Waals surface area contributed by atoms with Crippen LogP contribution in [-0.2, 0) is 12.8 Å². The molecule has 26 heavy (non-hydrogen) atoms. The molecule has 8 heteroatoms. The largest absolute Gasteiger partial charge is 0.469 e. The molecule has 4 nitrogen and oxygen atoms in total. The Kier molecular flexibility index (Phi) is 11.3. The van der Waals surface area contributed by atoms with E-state index in [-0.39, 0.29) is 24.0 Å². The third kappa shape index (κ3) is 8.39. The van der Waals surface area contributed by atoms with E-state index in [1.54, 1.807) is 18.0 Å². The van der Waals surface area contributed by atoms with Crippen molar-refractivity contribution in [1.29, 1.82) is 0 Å². The molecule has 0 fully saturated rings. The van der Waals surface area contributed by atoms with E-state index in [1.807, 2.05) is 18.4 Å². The number of rotatable bonds is 9. The zero-order valence-electron chi connectivity index (χ0n) is 14.6. The summed E-state index contributed by atoms with van der Waals surface area (Å²) in [6.07, 6.45) is 4.80. The zero-order chi connectivity index (χ0) is 17.9. The lowest BCUT2D eigenvalue weighted by Crippen LogP contribution is -2.39. The van der Waals surface area contributed by atoms with Crippen LogP contribution >= 0.6 is 35.7 Å². The second-order valence-electron chi connectivity index (χ2n) is 5.39. The molecular formula is C18H24F2IN3OS. The summed E-state index contributed by atoms with van der Waals surface area (Å²) in [5.74, 6) is 1.66. The van der Waals surface area contributed by atoms with Gasteiger partial charge in [-0.2, -0.15) is 11.8 Å². The fourth-order valence-corrected chi connectivity index (χ4v) is 2.51. The molecule has 0 saturated heterocycles. The summed E-state index contributed by atoms with van der Waals surface area (Å²) in [5, 5.41) is 6.39. The standard InChI is InChI=1S/C18H23F2N3OS.HI/c1-25-12-10-23-18(22-9-7-16-3-2-11-24-16)21-8-6-14-13-15(19)4-5-17(14)20;/h2-5,11,13H,6-10,12H2,1H3,(H2,21,22,23);1H. The van der Waals surface area contributed by atoms with Gasteiger partial charge < -0.3 is 15.1 Å². The van der Waals surface area contributed by atoms with Crippen LogP contribution in [0.2, 0.25) is 0 Å². The van der Waals surface area contributed by atoms with Gasteiger partial charge in [-0.3, -0.25) is 4.99 Å². The average molecular weight is 495 g/mol. The fourth-order valence-electron chi connectivity index (χ4n) is 2.23. The van der Waals surface area contributed by atoms with Crippen LogP contribution in [-0.4, -0.2) is 37.6 Å². The number of halogens is 3. The van der Waals surface area contributed by atoms with Gasteiger partial charge in [0, 0.05) is 25.3 Å². The van der Waals surface area contributed by atoms with Crippen LogP contribution in [0.25, 0.3) is 0 Å². The number of benzene rings is 1. The van der Waals surface area contributed by atoms with E-state index in [1.165, 1.54) is 6.07 Å². The highest BCUT2D eigenvalue weighted by atomic mass is 127. The molecule has 2 N–H and O–H groups in total. The minimum atomic E-state index is -0.429. The van der Waals surface area contributed by atoms with E-state index in [4.69, 9.17) is 4.42 Å². The first-order valence-electron chi connectivity index (χ1n) is 8.16. The third-order valence-corrected chi connectivity index (χ3v) is 4.09. The molecule has 1 aromatic heterocycles. The van der Waals surface area contributed by atoms with Crippen molar-refractivity contribution in [1.82, 2.24) is 10.6 Å². The highest BCUT2D eigenvalue weighted by molar-refractivity contribution is 14.0. The molecule has 0 amide bonds. The normalized spacial score (nSPS) is 11.1. The number of furan rings is 1. The van der Waals surface area contributed by atoms with E-state index >= 15 is 0 Å². The molecule has 0 atom stereocenters. The van der Waals surface area contributed by atoms with Crippen LogP contribution in [0.15, 0.2) is 46.0 Å². The molecule has 0 radical (unpaired) electrons. The van der Waals surface area contributed by atoms with Crippen molar-refractivity contribution in [2.45, 2.75) is 12.8 Å². The molecule has 0 bridgehead atoms. The zero-order valence-corrected chi connectivity index (χ0v) is 17.8. The summed E-state index contributed by atoms with van der Waals surface area (Å²) in [7, 11) is 0. The highest BCUT2D eigenvalue weighted by Crippen LogP contribution is 2.09. The minimum absolute atomic E-state index is 0. The summed E-state index contributed by atoms with van der Waals surface area (Å²) in [6, 6.07) is 7.28. The van der Waals surface area contributed by atoms with Crippen molar-refractivity contribution in [2.24, 2.45) is 4.99 Å². The molecular weight excluding hydrogens is 471 g/mol. The van der Waals surface area contributed by atoms with Crippen LogP contribution in [0.5, 0.6) is 0 Å². The topological polar surface area (TPSA) is 49.6 Å². The molecule has 0 aliphatic heterocycles. The molecule has 0 saturated carbocycles. The fraction of sp³-hybridized carbons (Fsp3) is 0.389. The smallest absolute Gasteiger partial charge is 0.191 e. The predicted molar refractivity (Wildman–Crippen MR) is 115 cm³/mol. The number of hydrogen-bond donors (Lipinski definition) is 2. The maximum Gasteiger partial charge on any atom is 0.191 e. The summed E-state index contributed by atoms with van der Waals surface area (Å²) in [6.45, 7) is 1.82. The van der Waals surface area contributed by atoms with Gasteiger partial charge in [0.1, 0.15) is 17.4 Å². The van der Waals surface area contributed by atoms with Gasteiger partial charge in [0.15, 0.2) is 5.96 Å². The summed E-state index contributed by atoms with van der Waals surface area (Å²) >= 11 is 1.72. The van der Waals surface area contributed by atoms with E-state index in [0.29, 0.717) is 37.6 Å². The molecule has 1 heterocycles. The lowest BCUT2D eigenvalue weighted by Gasteiger charge is -2.12. The molecule has 0 aliphatic rings. The Hall–Kier alpha value is -1.29. The molecule has 0 aliphatic carbocycles. The van der Waals surface area contributed by atoms with Crippen molar-refractivity contribution < 1.29 is 13.2 Å². The van der Waals surface area contributed by atoms with E-state index in [0.717, 1.165) is 30.1 Å². The van der Waals surface area contributed by atoms with Crippen molar-refractivity contribution in [3.8, 4) is 0 Å². The van der Waals surface area contributed by atoms with Gasteiger partial charge in [-0.05, 0) is 48.6 Å². The number of guanidine groups is 1. The first-order chi connectivity index (χ1) is 12.2. The van der Waals surface area contributed by atoms with Gasteiger partial charge >= 0.3 is 0 Å². The number of hydrogen-bond acceptors (Lipinski definition) is 3. The van der Waals surface area contributed by atoms with Crippen LogP contribution < -0.4 is 10.6 Å². The van der Waals surface area contributed by atoms with Gasteiger partial charge in [0.25, 0.3) is 0 Å². The predicted octanol–water partition coefficient (Wildman–Crippen LogP) is 3.86. The highest BCUT2D eigenvalue weighted by Gasteiger charge is 2.05. The molecule has 2 rings (SSSR count). The average Bonchev–Trinajstić information content (AvgIpc) is 3.11. The monoisotopic (exact) mass is 495 g/mol. The Bertz CT molecular complexity index is 668. The maximum atomic E-state index is 13.6. The summed E-state index contributed by atoms with van der Waals surface area (Å²) in [4.78, 5) is 4.48. The third-order valence-electron chi connectivity index (χ3n) is 3.50. The Balaban J connectivity index is 0.00000338. The van der Waals surface area contributed by atoms with Crippen molar-refractivity contribution in [2.75, 3.05) is 31.6 Å². The lowest BCUT2D eigenvalue weighted by atomic mass is 10.1. The number of nitrogens with one attached hydrogen (secondary N) is 2. The molecule has 144 valence electrons. The SMILES string of the molecule is CSCCN=C(NCCc1ccco1)NCCc1cc(F)ccc1F.I. The van der Waals surface area contributed by atoms with Crippen LogP contribution in [0.3, 0.4) is 0 Å². The van der Waals surface area contributed by atoms with Gasteiger partial charge in [0.2, 0.25) is 0 Å². The van der Waals surface area contributed by atoms with Gasteiger partial charge in [0.05, 0.1) is 12.8 Å². The van der Waals surface area contributed by atoms with Gasteiger partial charge in [-0.15, -0.1) is 24.0 Å². The molecule has 0 unspecified atom stereocenters. The van der Waals surface area contributed by atoms with Crippen molar-refractivity contribution in [3.63, 3.8) is 0 Å². The van der Waals surface area contributed by atoms with Gasteiger partial charge in [-0.25, -0.2) is 8.78 Å². The Morgan fingerprint density at radius 1 is 1.15 bits per heavy atom. The minimum Gasteiger partial charge on any atom is -0.469 e. The van der Waals surface area contributed by atoms with Gasteiger partial charge in [-0.1, -0.05) is 0 Å². The Morgan fingerprint density at radius 2 is 1.92 bits per heavy atom. The van der Waals surface area contributed by atoms with E-state index in [2.05, 4.69) is 15.6 Å². The summed E-state index contributed by atoms with van der Waals surface area (Å²) < 4.78 is 32.2. The number of thioether (sulfide) groups is 1. The van der Waals surface area contributed by atoms with Crippen molar-refractivity contribution >= 4 is 41.7 Å². The molecule has 1 aromatic carbocycles. The first-order valence-corrected chi connectivity index (χ1v) is 9.56. The lowest BCUT2D eigenvalue weighted by molar-refractivity contribution is 0.506. The van der Waals surface area contributed by atoms with E-state index in [9.17, 15) is 8.78 Å². The first kappa shape index (κ1) is 22.8. The second kappa shape index (κ2) is 13.0. The maximum absolute atomic E-state index is 13.6. The number of aliphatic imine (C=N–C) groups is 1. The number of nitrogens with zero attached hydrogens (tertiary/aromatic N) is 1. The van der Waals surface area contributed by atoms with Crippen LogP contribution in [0.1, 0.15) is 11.3 Å². The van der Waals surface area contributed by atoms with Crippen LogP contribution in [0.4, 0.5) is 8.78 Å².